The Bertz CT molecular complexity index is 620. The first kappa shape index (κ1) is 14.5. The van der Waals surface area contributed by atoms with Gasteiger partial charge in [0.15, 0.2) is 11.5 Å². The van der Waals surface area contributed by atoms with E-state index < -0.39 is 11.7 Å². The van der Waals surface area contributed by atoms with Gasteiger partial charge in [0.1, 0.15) is 0 Å². The molecule has 2 heterocycles. The number of hydrogen-bond acceptors (Lipinski definition) is 4. The molecule has 0 N–H and O–H groups in total. The molecule has 0 aliphatic carbocycles. The summed E-state index contributed by atoms with van der Waals surface area (Å²) < 4.78 is 35.3. The average molecular weight is 364 g/mol. The SMILES string of the molecule is CC1(C)CON(Cc2cc3c(cc2Br)OC(F)(F)O3)C1=O. The predicted octanol–water partition coefficient (Wildman–Crippen LogP) is 3.07. The minimum absolute atomic E-state index is 0.0513. The number of nitrogens with zero attached hydrogens (tertiary/aromatic N) is 1. The number of carbonyl (C=O) groups excluding carboxylic acids is 1. The standard InChI is InChI=1S/C13H12BrF2NO4/c1-12(2)6-19-17(11(12)18)5-7-3-9-10(4-8(7)14)21-13(15,16)20-9/h3-4H,5-6H2,1-2H3. The summed E-state index contributed by atoms with van der Waals surface area (Å²) >= 11 is 3.27. The van der Waals surface area contributed by atoms with Gasteiger partial charge in [-0.05, 0) is 31.5 Å². The number of benzene rings is 1. The van der Waals surface area contributed by atoms with Crippen molar-refractivity contribution >= 4 is 21.8 Å². The summed E-state index contributed by atoms with van der Waals surface area (Å²) in [6.45, 7) is 3.98. The van der Waals surface area contributed by atoms with E-state index in [0.717, 1.165) is 0 Å². The Morgan fingerprint density at radius 1 is 1.29 bits per heavy atom. The molecule has 0 bridgehead atoms. The van der Waals surface area contributed by atoms with E-state index in [1.807, 2.05) is 0 Å². The van der Waals surface area contributed by atoms with Crippen molar-refractivity contribution in [1.82, 2.24) is 5.06 Å². The second kappa shape index (κ2) is 4.54. The lowest BCUT2D eigenvalue weighted by atomic mass is 9.95. The first-order chi connectivity index (χ1) is 9.68. The molecule has 0 aromatic heterocycles. The van der Waals surface area contributed by atoms with E-state index in [9.17, 15) is 13.6 Å². The van der Waals surface area contributed by atoms with Gasteiger partial charge in [0.25, 0.3) is 5.91 Å². The minimum Gasteiger partial charge on any atom is -0.395 e. The van der Waals surface area contributed by atoms with Gasteiger partial charge in [-0.15, -0.1) is 8.78 Å². The van der Waals surface area contributed by atoms with Crippen LogP contribution in [0.15, 0.2) is 16.6 Å². The van der Waals surface area contributed by atoms with Crippen LogP contribution < -0.4 is 9.47 Å². The summed E-state index contributed by atoms with van der Waals surface area (Å²) in [5, 5.41) is 1.22. The monoisotopic (exact) mass is 363 g/mol. The van der Waals surface area contributed by atoms with Gasteiger partial charge in [-0.2, -0.15) is 0 Å². The zero-order valence-corrected chi connectivity index (χ0v) is 12.9. The van der Waals surface area contributed by atoms with Crippen molar-refractivity contribution in [3.8, 4) is 11.5 Å². The van der Waals surface area contributed by atoms with Gasteiger partial charge in [-0.1, -0.05) is 15.9 Å². The summed E-state index contributed by atoms with van der Waals surface area (Å²) in [6, 6.07) is 2.79. The zero-order chi connectivity index (χ0) is 15.4. The van der Waals surface area contributed by atoms with Crippen LogP contribution in [0.3, 0.4) is 0 Å². The van der Waals surface area contributed by atoms with E-state index in [4.69, 9.17) is 4.84 Å². The number of hydroxylamine groups is 2. The van der Waals surface area contributed by atoms with E-state index in [2.05, 4.69) is 25.4 Å². The number of carbonyl (C=O) groups is 1. The molecule has 1 saturated heterocycles. The Kier molecular flexibility index (Phi) is 3.14. The normalized spacial score (nSPS) is 22.0. The van der Waals surface area contributed by atoms with Gasteiger partial charge < -0.3 is 9.47 Å². The third kappa shape index (κ3) is 2.57. The van der Waals surface area contributed by atoms with Crippen LogP contribution in [-0.2, 0) is 16.2 Å². The van der Waals surface area contributed by atoms with Crippen LogP contribution in [0.4, 0.5) is 8.78 Å². The maximum absolute atomic E-state index is 13.0. The molecule has 8 heteroatoms. The molecule has 1 fully saturated rings. The fraction of sp³-hybridized carbons (Fsp3) is 0.462. The minimum atomic E-state index is -3.66. The van der Waals surface area contributed by atoms with Crippen LogP contribution in [0.25, 0.3) is 0 Å². The van der Waals surface area contributed by atoms with E-state index in [1.54, 1.807) is 13.8 Å². The molecule has 21 heavy (non-hydrogen) atoms. The highest BCUT2D eigenvalue weighted by molar-refractivity contribution is 9.10. The van der Waals surface area contributed by atoms with Crippen molar-refractivity contribution in [2.75, 3.05) is 6.61 Å². The number of halogens is 3. The number of fused-ring (bicyclic) bond motifs is 1. The largest absolute Gasteiger partial charge is 0.586 e. The number of amides is 1. The molecule has 1 aromatic carbocycles. The van der Waals surface area contributed by atoms with Crippen molar-refractivity contribution in [1.29, 1.82) is 0 Å². The highest BCUT2D eigenvalue weighted by Crippen LogP contribution is 2.44. The molecule has 114 valence electrons. The lowest BCUT2D eigenvalue weighted by Crippen LogP contribution is -2.30. The molecular formula is C13H12BrF2NO4. The first-order valence-corrected chi connectivity index (χ1v) is 7.00. The second-order valence-electron chi connectivity index (χ2n) is 5.56. The molecule has 0 unspecified atom stereocenters. The molecule has 0 atom stereocenters. The highest BCUT2D eigenvalue weighted by Gasteiger charge is 2.44. The third-order valence-corrected chi connectivity index (χ3v) is 4.01. The molecule has 2 aliphatic rings. The summed E-state index contributed by atoms with van der Waals surface area (Å²) in [5.74, 6) is -0.272. The average Bonchev–Trinajstić information content (AvgIpc) is 2.78. The van der Waals surface area contributed by atoms with E-state index in [0.29, 0.717) is 10.0 Å². The first-order valence-electron chi connectivity index (χ1n) is 6.21. The summed E-state index contributed by atoms with van der Waals surface area (Å²) in [5.41, 5.74) is -0.00310. The molecule has 1 amide bonds. The van der Waals surface area contributed by atoms with Crippen LogP contribution in [0.5, 0.6) is 11.5 Å². The lowest BCUT2D eigenvalue weighted by Gasteiger charge is -2.17. The van der Waals surface area contributed by atoms with Crippen LogP contribution in [-0.4, -0.2) is 23.9 Å². The molecule has 3 rings (SSSR count). The van der Waals surface area contributed by atoms with Gasteiger partial charge in [-0.25, -0.2) is 5.06 Å². The number of alkyl halides is 2. The predicted molar refractivity (Wildman–Crippen MR) is 70.6 cm³/mol. The Morgan fingerprint density at radius 2 is 1.90 bits per heavy atom. The second-order valence-corrected chi connectivity index (χ2v) is 6.41. The Morgan fingerprint density at radius 3 is 2.48 bits per heavy atom. The van der Waals surface area contributed by atoms with Gasteiger partial charge in [0, 0.05) is 4.47 Å². The van der Waals surface area contributed by atoms with Gasteiger partial charge in [0.2, 0.25) is 0 Å². The van der Waals surface area contributed by atoms with Gasteiger partial charge >= 0.3 is 6.29 Å². The van der Waals surface area contributed by atoms with Crippen molar-refractivity contribution in [2.24, 2.45) is 5.41 Å². The molecular weight excluding hydrogens is 352 g/mol. The van der Waals surface area contributed by atoms with Crippen molar-refractivity contribution < 1.29 is 27.9 Å². The molecule has 0 spiro atoms. The van der Waals surface area contributed by atoms with E-state index in [-0.39, 0.29) is 30.6 Å². The fourth-order valence-corrected chi connectivity index (χ4v) is 2.55. The number of ether oxygens (including phenoxy) is 2. The highest BCUT2D eigenvalue weighted by atomic mass is 79.9. The fourth-order valence-electron chi connectivity index (χ4n) is 2.10. The molecule has 1 aromatic rings. The van der Waals surface area contributed by atoms with Crippen LogP contribution in [0, 0.1) is 5.41 Å². The van der Waals surface area contributed by atoms with Crippen LogP contribution in [0.1, 0.15) is 19.4 Å². The maximum atomic E-state index is 13.0. The topological polar surface area (TPSA) is 48.0 Å². The zero-order valence-electron chi connectivity index (χ0n) is 11.3. The van der Waals surface area contributed by atoms with Crippen molar-refractivity contribution in [3.05, 3.63) is 22.2 Å². The van der Waals surface area contributed by atoms with E-state index >= 15 is 0 Å². The van der Waals surface area contributed by atoms with Gasteiger partial charge in [0.05, 0.1) is 18.6 Å². The molecule has 2 aliphatic heterocycles. The number of rotatable bonds is 2. The summed E-state index contributed by atoms with van der Waals surface area (Å²) in [4.78, 5) is 17.4. The number of hydrogen-bond donors (Lipinski definition) is 0. The molecule has 0 radical (unpaired) electrons. The Labute approximate surface area is 127 Å². The van der Waals surface area contributed by atoms with Crippen molar-refractivity contribution in [2.45, 2.75) is 26.7 Å². The lowest BCUT2D eigenvalue weighted by molar-refractivity contribution is -0.286. The van der Waals surface area contributed by atoms with E-state index in [1.165, 1.54) is 17.2 Å². The Balaban J connectivity index is 1.84. The molecule has 5 nitrogen and oxygen atoms in total. The van der Waals surface area contributed by atoms with Crippen molar-refractivity contribution in [3.63, 3.8) is 0 Å². The smallest absolute Gasteiger partial charge is 0.395 e. The summed E-state index contributed by atoms with van der Waals surface area (Å²) in [7, 11) is 0. The molecule has 0 saturated carbocycles. The maximum Gasteiger partial charge on any atom is 0.586 e. The van der Waals surface area contributed by atoms with Crippen LogP contribution in [0.2, 0.25) is 0 Å². The Hall–Kier alpha value is -1.41. The van der Waals surface area contributed by atoms with Gasteiger partial charge in [-0.3, -0.25) is 9.63 Å². The third-order valence-electron chi connectivity index (χ3n) is 3.27. The quantitative estimate of drug-likeness (QED) is 0.810. The summed E-state index contributed by atoms with van der Waals surface area (Å²) in [6.07, 6.45) is -3.66. The van der Waals surface area contributed by atoms with Crippen LogP contribution >= 0.6 is 15.9 Å².